The maximum Gasteiger partial charge on any atom is 0.220 e. The van der Waals surface area contributed by atoms with Crippen LogP contribution < -0.4 is 20.7 Å². The summed E-state index contributed by atoms with van der Waals surface area (Å²) in [6.07, 6.45) is 4.32. The molecule has 3 N–H and O–H groups in total. The van der Waals surface area contributed by atoms with Crippen molar-refractivity contribution in [3.8, 4) is 5.75 Å². The lowest BCUT2D eigenvalue weighted by Crippen LogP contribution is -2.29. The summed E-state index contributed by atoms with van der Waals surface area (Å²) in [6, 6.07) is 15.1. The fourth-order valence-electron chi connectivity index (χ4n) is 2.62. The van der Waals surface area contributed by atoms with Crippen LogP contribution in [0.2, 0.25) is 0 Å². The highest BCUT2D eigenvalue weighted by molar-refractivity contribution is 5.76. The molecule has 150 valence electrons. The van der Waals surface area contributed by atoms with E-state index in [9.17, 15) is 4.79 Å². The fraction of sp³-hybridized carbons (Fsp3) is 0.238. The molecule has 0 bridgehead atoms. The molecular formula is C21H24N6O2. The molecule has 0 saturated carbocycles. The molecule has 0 unspecified atom stereocenters. The number of hydrogen-bond donors (Lipinski definition) is 3. The van der Waals surface area contributed by atoms with E-state index in [1.165, 1.54) is 6.33 Å². The number of rotatable bonds is 10. The van der Waals surface area contributed by atoms with E-state index >= 15 is 0 Å². The van der Waals surface area contributed by atoms with Crippen LogP contribution in [-0.4, -0.2) is 41.1 Å². The van der Waals surface area contributed by atoms with Crippen LogP contribution >= 0.6 is 0 Å². The van der Waals surface area contributed by atoms with Gasteiger partial charge in [0.2, 0.25) is 5.91 Å². The molecule has 3 aromatic rings. The van der Waals surface area contributed by atoms with Crippen molar-refractivity contribution >= 4 is 23.4 Å². The average Bonchev–Trinajstić information content (AvgIpc) is 2.77. The van der Waals surface area contributed by atoms with Crippen molar-refractivity contribution in [2.45, 2.75) is 12.8 Å². The second-order valence-electron chi connectivity index (χ2n) is 6.25. The molecule has 0 aliphatic carbocycles. The first kappa shape index (κ1) is 20.1. The molecule has 1 aromatic carbocycles. The summed E-state index contributed by atoms with van der Waals surface area (Å²) in [5.74, 6) is 2.85. The molecule has 2 aromatic heterocycles. The predicted octanol–water partition coefficient (Wildman–Crippen LogP) is 2.78. The number of ether oxygens (including phenoxy) is 1. The first-order valence-electron chi connectivity index (χ1n) is 9.36. The number of aryl methyl sites for hydroxylation is 1. The number of anilines is 3. The number of benzene rings is 1. The zero-order chi connectivity index (χ0) is 20.3. The van der Waals surface area contributed by atoms with Gasteiger partial charge in [0.25, 0.3) is 0 Å². The lowest BCUT2D eigenvalue weighted by molar-refractivity contribution is -0.120. The predicted molar refractivity (Wildman–Crippen MR) is 112 cm³/mol. The number of aromatic nitrogens is 3. The zero-order valence-electron chi connectivity index (χ0n) is 16.3. The van der Waals surface area contributed by atoms with E-state index in [0.717, 1.165) is 11.3 Å². The monoisotopic (exact) mass is 392 g/mol. The highest BCUT2D eigenvalue weighted by Crippen LogP contribution is 2.14. The van der Waals surface area contributed by atoms with Crippen LogP contribution in [0, 0.1) is 0 Å². The molecule has 0 atom stereocenters. The topological polar surface area (TPSA) is 101 Å². The lowest BCUT2D eigenvalue weighted by atomic mass is 10.1. The van der Waals surface area contributed by atoms with Gasteiger partial charge in [0.1, 0.15) is 29.5 Å². The number of pyridine rings is 1. The van der Waals surface area contributed by atoms with Crippen LogP contribution in [0.5, 0.6) is 5.75 Å². The molecule has 0 aliphatic heterocycles. The lowest BCUT2D eigenvalue weighted by Gasteiger charge is -2.09. The Morgan fingerprint density at radius 1 is 0.966 bits per heavy atom. The Hall–Kier alpha value is -3.68. The van der Waals surface area contributed by atoms with Crippen LogP contribution in [0.4, 0.5) is 17.5 Å². The van der Waals surface area contributed by atoms with Gasteiger partial charge >= 0.3 is 0 Å². The van der Waals surface area contributed by atoms with E-state index < -0.39 is 0 Å². The van der Waals surface area contributed by atoms with Crippen molar-refractivity contribution in [3.63, 3.8) is 0 Å². The highest BCUT2D eigenvalue weighted by Gasteiger charge is 2.03. The number of amides is 1. The molecule has 3 rings (SSSR count). The second-order valence-corrected chi connectivity index (χ2v) is 6.25. The minimum absolute atomic E-state index is 0.0165. The van der Waals surface area contributed by atoms with Crippen molar-refractivity contribution in [1.82, 2.24) is 20.3 Å². The number of carbonyl (C=O) groups excluding carboxylic acids is 1. The van der Waals surface area contributed by atoms with Gasteiger partial charge < -0.3 is 20.7 Å². The Balaban J connectivity index is 1.36. The number of carbonyl (C=O) groups is 1. The molecule has 0 spiro atoms. The van der Waals surface area contributed by atoms with E-state index in [2.05, 4.69) is 30.9 Å². The molecule has 2 heterocycles. The van der Waals surface area contributed by atoms with Gasteiger partial charge in [0.05, 0.1) is 7.11 Å². The maximum atomic E-state index is 12.0. The Morgan fingerprint density at radius 2 is 1.79 bits per heavy atom. The van der Waals surface area contributed by atoms with E-state index in [-0.39, 0.29) is 5.91 Å². The van der Waals surface area contributed by atoms with Crippen LogP contribution in [0.25, 0.3) is 0 Å². The summed E-state index contributed by atoms with van der Waals surface area (Å²) in [7, 11) is 1.63. The van der Waals surface area contributed by atoms with Gasteiger partial charge in [0, 0.05) is 31.8 Å². The maximum absolute atomic E-state index is 12.0. The van der Waals surface area contributed by atoms with Crippen molar-refractivity contribution in [3.05, 3.63) is 66.6 Å². The molecule has 0 saturated heterocycles. The molecule has 8 nitrogen and oxygen atoms in total. The summed E-state index contributed by atoms with van der Waals surface area (Å²) < 4.78 is 5.13. The summed E-state index contributed by atoms with van der Waals surface area (Å²) in [5.41, 5.74) is 1.10. The molecule has 1 amide bonds. The molecule has 29 heavy (non-hydrogen) atoms. The summed E-state index contributed by atoms with van der Waals surface area (Å²) >= 11 is 0. The normalized spacial score (nSPS) is 10.2. The molecule has 0 fully saturated rings. The van der Waals surface area contributed by atoms with Gasteiger partial charge in [0.15, 0.2) is 0 Å². The third kappa shape index (κ3) is 6.76. The standard InChI is InChI=1S/C21H24N6O2/c1-29-17-8-5-16(6-9-17)7-10-21(28)24-13-12-23-19-14-20(26-15-25-19)27-18-4-2-3-11-22-18/h2-6,8-9,11,14-15H,7,10,12-13H2,1H3,(H,24,28)(H2,22,23,25,26,27). The van der Waals surface area contributed by atoms with Crippen molar-refractivity contribution in [1.29, 1.82) is 0 Å². The third-order valence-corrected chi connectivity index (χ3v) is 4.14. The summed E-state index contributed by atoms with van der Waals surface area (Å²) in [4.78, 5) is 24.6. The summed E-state index contributed by atoms with van der Waals surface area (Å²) in [6.45, 7) is 1.07. The number of nitrogens with zero attached hydrogens (tertiary/aromatic N) is 3. The Bertz CT molecular complexity index is 903. The second kappa shape index (κ2) is 10.6. The molecular weight excluding hydrogens is 368 g/mol. The van der Waals surface area contributed by atoms with Crippen LogP contribution in [0.1, 0.15) is 12.0 Å². The SMILES string of the molecule is COc1ccc(CCC(=O)NCCNc2cc(Nc3ccccn3)ncn2)cc1. The zero-order valence-corrected chi connectivity index (χ0v) is 16.3. The highest BCUT2D eigenvalue weighted by atomic mass is 16.5. The molecule has 0 radical (unpaired) electrons. The number of nitrogens with one attached hydrogen (secondary N) is 3. The Morgan fingerprint density at radius 3 is 2.55 bits per heavy atom. The van der Waals surface area contributed by atoms with Crippen LogP contribution in [0.15, 0.2) is 61.1 Å². The number of methoxy groups -OCH3 is 1. The van der Waals surface area contributed by atoms with Crippen molar-refractivity contribution in [2.75, 3.05) is 30.8 Å². The van der Waals surface area contributed by atoms with Crippen LogP contribution in [0.3, 0.4) is 0 Å². The first-order chi connectivity index (χ1) is 14.2. The Kier molecular flexibility index (Phi) is 7.34. The van der Waals surface area contributed by atoms with Gasteiger partial charge in [-0.05, 0) is 36.2 Å². The Labute approximate surface area is 169 Å². The molecule has 0 aliphatic rings. The minimum atomic E-state index is 0.0165. The minimum Gasteiger partial charge on any atom is -0.497 e. The van der Waals surface area contributed by atoms with Gasteiger partial charge in [-0.15, -0.1) is 0 Å². The largest absolute Gasteiger partial charge is 0.497 e. The van der Waals surface area contributed by atoms with E-state index in [1.54, 1.807) is 19.4 Å². The smallest absolute Gasteiger partial charge is 0.220 e. The van der Waals surface area contributed by atoms with Crippen molar-refractivity contribution < 1.29 is 9.53 Å². The van der Waals surface area contributed by atoms with Gasteiger partial charge in [-0.1, -0.05) is 18.2 Å². The first-order valence-corrected chi connectivity index (χ1v) is 9.36. The number of hydrogen-bond acceptors (Lipinski definition) is 7. The average molecular weight is 392 g/mol. The molecule has 8 heteroatoms. The fourth-order valence-corrected chi connectivity index (χ4v) is 2.62. The van der Waals surface area contributed by atoms with Crippen molar-refractivity contribution in [2.24, 2.45) is 0 Å². The third-order valence-electron chi connectivity index (χ3n) is 4.14. The quantitative estimate of drug-likeness (QED) is 0.456. The van der Waals surface area contributed by atoms with E-state index in [0.29, 0.717) is 43.4 Å². The van der Waals surface area contributed by atoms with E-state index in [1.807, 2.05) is 42.5 Å². The van der Waals surface area contributed by atoms with Gasteiger partial charge in [-0.2, -0.15) is 0 Å². The van der Waals surface area contributed by atoms with Crippen LogP contribution in [-0.2, 0) is 11.2 Å². The van der Waals surface area contributed by atoms with Gasteiger partial charge in [-0.3, -0.25) is 4.79 Å². The summed E-state index contributed by atoms with van der Waals surface area (Å²) in [5, 5.41) is 9.19. The van der Waals surface area contributed by atoms with E-state index in [4.69, 9.17) is 4.74 Å². The van der Waals surface area contributed by atoms with Gasteiger partial charge in [-0.25, -0.2) is 15.0 Å².